The first kappa shape index (κ1) is 19.0. The van der Waals surface area contributed by atoms with Gasteiger partial charge in [0.2, 0.25) is 0 Å². The second-order valence-electron chi connectivity index (χ2n) is 7.74. The molecule has 0 bridgehead atoms. The molecule has 5 rings (SSSR count). The number of thioether (sulfide) groups is 1. The topological polar surface area (TPSA) is 25.2 Å². The minimum atomic E-state index is 0.137. The predicted octanol–water partition coefficient (Wildman–Crippen LogP) is 5.61. The Labute approximate surface area is 181 Å². The molecule has 4 aromatic rings. The fraction of sp³-hybridized carbons (Fsp3) is 0.192. The molecule has 3 aromatic carbocycles. The van der Waals surface area contributed by atoms with E-state index in [1.165, 1.54) is 27.0 Å². The van der Waals surface area contributed by atoms with Gasteiger partial charge in [-0.1, -0.05) is 60.7 Å². The van der Waals surface area contributed by atoms with Gasteiger partial charge in [-0.25, -0.2) is 0 Å². The molecule has 0 radical (unpaired) electrons. The molecule has 0 spiro atoms. The first-order valence-electron chi connectivity index (χ1n) is 10.3. The molecule has 150 valence electrons. The monoisotopic (exact) mass is 412 g/mol. The summed E-state index contributed by atoms with van der Waals surface area (Å²) in [4.78, 5) is 16.9. The summed E-state index contributed by atoms with van der Waals surface area (Å²) in [6.07, 6.45) is 2.99. The summed E-state index contributed by atoms with van der Waals surface area (Å²) in [5, 5.41) is 1.22. The van der Waals surface area contributed by atoms with Crippen molar-refractivity contribution >= 4 is 28.6 Å². The highest BCUT2D eigenvalue weighted by molar-refractivity contribution is 7.98. The number of fused-ring (bicyclic) bond motifs is 3. The summed E-state index contributed by atoms with van der Waals surface area (Å²) in [7, 11) is 0. The molecule has 0 saturated carbocycles. The van der Waals surface area contributed by atoms with Crippen molar-refractivity contribution in [3.8, 4) is 0 Å². The average Bonchev–Trinajstić information content (AvgIpc) is 3.10. The van der Waals surface area contributed by atoms with Gasteiger partial charge in [0.25, 0.3) is 5.91 Å². The van der Waals surface area contributed by atoms with Crippen molar-refractivity contribution in [1.29, 1.82) is 0 Å². The molecule has 0 N–H and O–H groups in total. The third-order valence-corrected chi connectivity index (χ3v) is 6.62. The maximum absolute atomic E-state index is 13.7. The van der Waals surface area contributed by atoms with Crippen molar-refractivity contribution in [2.45, 2.75) is 24.4 Å². The highest BCUT2D eigenvalue weighted by Crippen LogP contribution is 2.34. The van der Waals surface area contributed by atoms with E-state index >= 15 is 0 Å². The first-order chi connectivity index (χ1) is 14.7. The number of amides is 1. The van der Waals surface area contributed by atoms with Gasteiger partial charge in [-0.05, 0) is 47.6 Å². The zero-order valence-electron chi connectivity index (χ0n) is 17.0. The van der Waals surface area contributed by atoms with Crippen LogP contribution >= 0.6 is 11.8 Å². The van der Waals surface area contributed by atoms with Crippen molar-refractivity contribution in [2.75, 3.05) is 12.8 Å². The Hall–Kier alpha value is -2.98. The van der Waals surface area contributed by atoms with Crippen LogP contribution in [-0.4, -0.2) is 28.2 Å². The van der Waals surface area contributed by atoms with Crippen LogP contribution in [0, 0.1) is 0 Å². The van der Waals surface area contributed by atoms with E-state index in [2.05, 4.69) is 65.4 Å². The van der Waals surface area contributed by atoms with E-state index in [0.29, 0.717) is 13.1 Å². The number of hydrogen-bond acceptors (Lipinski definition) is 2. The molecule has 3 nitrogen and oxygen atoms in total. The summed E-state index contributed by atoms with van der Waals surface area (Å²) in [6.45, 7) is 2.12. The van der Waals surface area contributed by atoms with E-state index in [-0.39, 0.29) is 5.91 Å². The molecule has 1 amide bonds. The quantitative estimate of drug-likeness (QED) is 0.398. The van der Waals surface area contributed by atoms with Gasteiger partial charge in [0.05, 0.1) is 0 Å². The SMILES string of the molecule is CSc1ccc2c(c1)c1c(n2Cc2ccccc2)C(=O)N(Cc2ccccc2)CC1. The van der Waals surface area contributed by atoms with Crippen LogP contribution < -0.4 is 0 Å². The van der Waals surface area contributed by atoms with Gasteiger partial charge in [-0.2, -0.15) is 0 Å². The molecular weight excluding hydrogens is 388 g/mol. The molecule has 0 fully saturated rings. The third kappa shape index (κ3) is 3.41. The van der Waals surface area contributed by atoms with Crippen LogP contribution in [0.25, 0.3) is 10.9 Å². The van der Waals surface area contributed by atoms with Gasteiger partial charge < -0.3 is 9.47 Å². The second kappa shape index (κ2) is 8.04. The molecular formula is C26H24N2OS. The van der Waals surface area contributed by atoms with Crippen LogP contribution in [-0.2, 0) is 19.5 Å². The Morgan fingerprint density at radius 3 is 2.20 bits per heavy atom. The zero-order chi connectivity index (χ0) is 20.5. The van der Waals surface area contributed by atoms with E-state index in [1.54, 1.807) is 11.8 Å². The van der Waals surface area contributed by atoms with Crippen molar-refractivity contribution < 1.29 is 4.79 Å². The lowest BCUT2D eigenvalue weighted by Crippen LogP contribution is -2.38. The lowest BCUT2D eigenvalue weighted by atomic mass is 10.0. The van der Waals surface area contributed by atoms with E-state index in [4.69, 9.17) is 0 Å². The number of carbonyl (C=O) groups is 1. The van der Waals surface area contributed by atoms with Crippen molar-refractivity contribution in [2.24, 2.45) is 0 Å². The summed E-state index contributed by atoms with van der Waals surface area (Å²) in [6, 6.07) is 27.3. The Bertz CT molecular complexity index is 1200. The molecule has 0 atom stereocenters. The largest absolute Gasteiger partial charge is 0.333 e. The number of nitrogens with zero attached hydrogens (tertiary/aromatic N) is 2. The van der Waals surface area contributed by atoms with Crippen LogP contribution in [0.4, 0.5) is 0 Å². The van der Waals surface area contributed by atoms with Crippen LogP contribution in [0.3, 0.4) is 0 Å². The van der Waals surface area contributed by atoms with E-state index in [0.717, 1.165) is 24.2 Å². The van der Waals surface area contributed by atoms with Gasteiger partial charge in [-0.15, -0.1) is 11.8 Å². The number of aromatic nitrogens is 1. The lowest BCUT2D eigenvalue weighted by Gasteiger charge is -2.28. The minimum Gasteiger partial charge on any atom is -0.333 e. The van der Waals surface area contributed by atoms with Gasteiger partial charge in [0.1, 0.15) is 5.69 Å². The first-order valence-corrected chi connectivity index (χ1v) is 11.5. The van der Waals surface area contributed by atoms with Gasteiger partial charge in [0, 0.05) is 35.4 Å². The molecule has 1 aromatic heterocycles. The average molecular weight is 413 g/mol. The number of hydrogen-bond donors (Lipinski definition) is 0. The van der Waals surface area contributed by atoms with E-state index < -0.39 is 0 Å². The van der Waals surface area contributed by atoms with E-state index in [1.807, 2.05) is 29.2 Å². The van der Waals surface area contributed by atoms with Gasteiger partial charge in [-0.3, -0.25) is 4.79 Å². The van der Waals surface area contributed by atoms with Crippen molar-refractivity contribution in [3.63, 3.8) is 0 Å². The molecule has 1 aliphatic rings. The van der Waals surface area contributed by atoms with E-state index in [9.17, 15) is 4.79 Å². The lowest BCUT2D eigenvalue weighted by molar-refractivity contribution is 0.0716. The molecule has 1 aliphatic heterocycles. The van der Waals surface area contributed by atoms with Gasteiger partial charge in [0.15, 0.2) is 0 Å². The minimum absolute atomic E-state index is 0.137. The molecule has 0 saturated heterocycles. The summed E-state index contributed by atoms with van der Waals surface area (Å²) in [5.41, 5.74) is 5.58. The normalized spacial score (nSPS) is 13.6. The number of carbonyl (C=O) groups excluding carboxylic acids is 1. The van der Waals surface area contributed by atoms with Crippen LogP contribution in [0.15, 0.2) is 83.8 Å². The fourth-order valence-electron chi connectivity index (χ4n) is 4.41. The Morgan fingerprint density at radius 1 is 0.867 bits per heavy atom. The maximum atomic E-state index is 13.7. The Kier molecular flexibility index (Phi) is 5.09. The Morgan fingerprint density at radius 2 is 1.53 bits per heavy atom. The molecule has 4 heteroatoms. The fourth-order valence-corrected chi connectivity index (χ4v) is 4.85. The van der Waals surface area contributed by atoms with Crippen LogP contribution in [0.2, 0.25) is 0 Å². The Balaban J connectivity index is 1.61. The standard InChI is InChI=1S/C26H24N2OS/c1-30-21-12-13-24-23(16-21)22-14-15-27(17-19-8-4-2-5-9-19)26(29)25(22)28(24)18-20-10-6-3-7-11-20/h2-13,16H,14-15,17-18H2,1H3. The molecule has 30 heavy (non-hydrogen) atoms. The summed E-state index contributed by atoms with van der Waals surface area (Å²) in [5.74, 6) is 0.137. The smallest absolute Gasteiger partial charge is 0.271 e. The number of benzene rings is 3. The molecule has 0 aliphatic carbocycles. The van der Waals surface area contributed by atoms with Crippen molar-refractivity contribution in [3.05, 3.63) is 101 Å². The van der Waals surface area contributed by atoms with Gasteiger partial charge >= 0.3 is 0 Å². The molecule has 0 unspecified atom stereocenters. The van der Waals surface area contributed by atoms with Crippen LogP contribution in [0.1, 0.15) is 27.2 Å². The summed E-state index contributed by atoms with van der Waals surface area (Å²) >= 11 is 1.75. The highest BCUT2D eigenvalue weighted by atomic mass is 32.2. The highest BCUT2D eigenvalue weighted by Gasteiger charge is 2.31. The maximum Gasteiger partial charge on any atom is 0.271 e. The molecule has 2 heterocycles. The number of rotatable bonds is 5. The van der Waals surface area contributed by atoms with Crippen LogP contribution in [0.5, 0.6) is 0 Å². The third-order valence-electron chi connectivity index (χ3n) is 5.90. The predicted molar refractivity (Wildman–Crippen MR) is 124 cm³/mol. The zero-order valence-corrected chi connectivity index (χ0v) is 17.9. The van der Waals surface area contributed by atoms with Crippen molar-refractivity contribution in [1.82, 2.24) is 9.47 Å². The second-order valence-corrected chi connectivity index (χ2v) is 8.62. The summed E-state index contributed by atoms with van der Waals surface area (Å²) < 4.78 is 2.23.